The number of nitrogens with zero attached hydrogens (tertiary/aromatic N) is 1. The van der Waals surface area contributed by atoms with E-state index in [0.29, 0.717) is 25.1 Å². The standard InChI is InChI=1S/C11H11BrFNO2/c12-10-8(2-1-3-9(10)13)11(16)14-5-4-7(15)6-14/h1-3,7,15H,4-6H2/t7-/m1/s1. The first-order valence-electron chi connectivity index (χ1n) is 5.01. The fourth-order valence-electron chi connectivity index (χ4n) is 1.77. The van der Waals surface area contributed by atoms with Crippen molar-refractivity contribution in [3.05, 3.63) is 34.1 Å². The Morgan fingerprint density at radius 2 is 2.31 bits per heavy atom. The molecule has 0 saturated carbocycles. The van der Waals surface area contributed by atoms with Gasteiger partial charge >= 0.3 is 0 Å². The Kier molecular flexibility index (Phi) is 3.25. The lowest BCUT2D eigenvalue weighted by Gasteiger charge is -2.16. The van der Waals surface area contributed by atoms with E-state index in [0.717, 1.165) is 0 Å². The molecule has 1 fully saturated rings. The SMILES string of the molecule is O=C(c1cccc(F)c1Br)N1CC[C@@H](O)C1. The average molecular weight is 288 g/mol. The topological polar surface area (TPSA) is 40.5 Å². The molecule has 1 aromatic rings. The van der Waals surface area contributed by atoms with Crippen molar-refractivity contribution in [2.24, 2.45) is 0 Å². The molecule has 1 aliphatic heterocycles. The minimum Gasteiger partial charge on any atom is -0.391 e. The van der Waals surface area contributed by atoms with Gasteiger partial charge in [0, 0.05) is 13.1 Å². The molecule has 16 heavy (non-hydrogen) atoms. The minimum atomic E-state index is -0.462. The monoisotopic (exact) mass is 287 g/mol. The Bertz CT molecular complexity index is 424. The maximum Gasteiger partial charge on any atom is 0.255 e. The van der Waals surface area contributed by atoms with Gasteiger partial charge in [0.2, 0.25) is 0 Å². The molecule has 86 valence electrons. The van der Waals surface area contributed by atoms with E-state index >= 15 is 0 Å². The number of amides is 1. The van der Waals surface area contributed by atoms with Crippen LogP contribution in [0.3, 0.4) is 0 Å². The molecule has 1 N–H and O–H groups in total. The van der Waals surface area contributed by atoms with Gasteiger partial charge in [-0.25, -0.2) is 4.39 Å². The highest BCUT2D eigenvalue weighted by Gasteiger charge is 2.26. The molecule has 0 unspecified atom stereocenters. The summed E-state index contributed by atoms with van der Waals surface area (Å²) in [4.78, 5) is 13.5. The van der Waals surface area contributed by atoms with Crippen LogP contribution in [0.25, 0.3) is 0 Å². The largest absolute Gasteiger partial charge is 0.391 e. The molecule has 0 radical (unpaired) electrons. The Morgan fingerprint density at radius 1 is 1.56 bits per heavy atom. The maximum atomic E-state index is 13.2. The number of aliphatic hydroxyl groups is 1. The van der Waals surface area contributed by atoms with Gasteiger partial charge < -0.3 is 10.0 Å². The van der Waals surface area contributed by atoms with Gasteiger partial charge in [-0.05, 0) is 34.5 Å². The number of rotatable bonds is 1. The second kappa shape index (κ2) is 4.51. The van der Waals surface area contributed by atoms with Crippen LogP contribution >= 0.6 is 15.9 Å². The summed E-state index contributed by atoms with van der Waals surface area (Å²) in [5, 5.41) is 9.34. The van der Waals surface area contributed by atoms with E-state index in [9.17, 15) is 14.3 Å². The van der Waals surface area contributed by atoms with Crippen molar-refractivity contribution in [3.63, 3.8) is 0 Å². The number of carbonyl (C=O) groups is 1. The highest BCUT2D eigenvalue weighted by Crippen LogP contribution is 2.23. The van der Waals surface area contributed by atoms with Gasteiger partial charge in [0.1, 0.15) is 5.82 Å². The van der Waals surface area contributed by atoms with Crippen LogP contribution in [0, 0.1) is 5.82 Å². The fraction of sp³-hybridized carbons (Fsp3) is 0.364. The van der Waals surface area contributed by atoms with E-state index in [4.69, 9.17) is 0 Å². The van der Waals surface area contributed by atoms with Crippen LogP contribution in [0.15, 0.2) is 22.7 Å². The Morgan fingerprint density at radius 3 is 2.94 bits per heavy atom. The van der Waals surface area contributed by atoms with Crippen LogP contribution in [-0.4, -0.2) is 35.1 Å². The lowest BCUT2D eigenvalue weighted by Crippen LogP contribution is -2.29. The summed E-state index contributed by atoms with van der Waals surface area (Å²) in [6.45, 7) is 0.838. The summed E-state index contributed by atoms with van der Waals surface area (Å²) in [5.41, 5.74) is 0.300. The van der Waals surface area contributed by atoms with Gasteiger partial charge in [0.05, 0.1) is 16.1 Å². The normalized spacial score (nSPS) is 20.2. The quantitative estimate of drug-likeness (QED) is 0.856. The lowest BCUT2D eigenvalue weighted by molar-refractivity contribution is 0.0763. The minimum absolute atomic E-state index is 0.182. The average Bonchev–Trinajstić information content (AvgIpc) is 2.68. The zero-order chi connectivity index (χ0) is 11.7. The first-order valence-corrected chi connectivity index (χ1v) is 5.80. The maximum absolute atomic E-state index is 13.2. The van der Waals surface area contributed by atoms with Gasteiger partial charge in [-0.2, -0.15) is 0 Å². The number of carbonyl (C=O) groups excluding carboxylic acids is 1. The van der Waals surface area contributed by atoms with Gasteiger partial charge in [0.25, 0.3) is 5.91 Å². The van der Waals surface area contributed by atoms with Crippen molar-refractivity contribution in [1.82, 2.24) is 4.90 Å². The third kappa shape index (κ3) is 2.10. The van der Waals surface area contributed by atoms with Crippen molar-refractivity contribution < 1.29 is 14.3 Å². The summed E-state index contributed by atoms with van der Waals surface area (Å²) >= 11 is 3.06. The van der Waals surface area contributed by atoms with Crippen molar-refractivity contribution in [3.8, 4) is 0 Å². The van der Waals surface area contributed by atoms with Crippen LogP contribution in [0.2, 0.25) is 0 Å². The van der Waals surface area contributed by atoms with Crippen LogP contribution in [0.4, 0.5) is 4.39 Å². The summed E-state index contributed by atoms with van der Waals surface area (Å²) in [5.74, 6) is -0.700. The van der Waals surface area contributed by atoms with Crippen LogP contribution < -0.4 is 0 Å². The second-order valence-corrected chi connectivity index (χ2v) is 4.59. The van der Waals surface area contributed by atoms with Crippen molar-refractivity contribution in [2.45, 2.75) is 12.5 Å². The van der Waals surface area contributed by atoms with E-state index in [1.165, 1.54) is 17.0 Å². The Labute approximate surface area is 101 Å². The smallest absolute Gasteiger partial charge is 0.255 e. The lowest BCUT2D eigenvalue weighted by atomic mass is 10.2. The zero-order valence-electron chi connectivity index (χ0n) is 8.49. The second-order valence-electron chi connectivity index (χ2n) is 3.80. The fourth-order valence-corrected chi connectivity index (χ4v) is 2.20. The van der Waals surface area contributed by atoms with Crippen LogP contribution in [0.1, 0.15) is 16.8 Å². The van der Waals surface area contributed by atoms with Crippen molar-refractivity contribution in [1.29, 1.82) is 0 Å². The number of hydrogen-bond acceptors (Lipinski definition) is 2. The molecular formula is C11H11BrFNO2. The van der Waals surface area contributed by atoms with E-state index in [-0.39, 0.29) is 10.4 Å². The van der Waals surface area contributed by atoms with Crippen LogP contribution in [0.5, 0.6) is 0 Å². The molecule has 0 aliphatic carbocycles. The highest BCUT2D eigenvalue weighted by molar-refractivity contribution is 9.10. The first-order chi connectivity index (χ1) is 7.59. The summed E-state index contributed by atoms with van der Waals surface area (Å²) in [6.07, 6.45) is 0.120. The predicted octanol–water partition coefficient (Wildman–Crippen LogP) is 1.79. The van der Waals surface area contributed by atoms with Gasteiger partial charge in [0.15, 0.2) is 0 Å². The molecular weight excluding hydrogens is 277 g/mol. The summed E-state index contributed by atoms with van der Waals surface area (Å²) in [7, 11) is 0. The molecule has 0 aromatic heterocycles. The Hall–Kier alpha value is -0.940. The van der Waals surface area contributed by atoms with E-state index in [1.807, 2.05) is 0 Å². The predicted molar refractivity (Wildman–Crippen MR) is 60.6 cm³/mol. The number of aliphatic hydroxyl groups excluding tert-OH is 1. The van der Waals surface area contributed by atoms with E-state index < -0.39 is 11.9 Å². The molecule has 0 bridgehead atoms. The van der Waals surface area contributed by atoms with Crippen LogP contribution in [-0.2, 0) is 0 Å². The molecule has 5 heteroatoms. The molecule has 1 atom stereocenters. The van der Waals surface area contributed by atoms with Crippen molar-refractivity contribution in [2.75, 3.05) is 13.1 Å². The van der Waals surface area contributed by atoms with Gasteiger partial charge in [-0.1, -0.05) is 6.07 Å². The number of benzene rings is 1. The highest BCUT2D eigenvalue weighted by atomic mass is 79.9. The molecule has 1 aromatic carbocycles. The molecule has 1 saturated heterocycles. The third-order valence-electron chi connectivity index (χ3n) is 2.63. The third-order valence-corrected chi connectivity index (χ3v) is 3.44. The number of hydrogen-bond donors (Lipinski definition) is 1. The molecule has 3 nitrogen and oxygen atoms in total. The number of likely N-dealkylation sites (tertiary alicyclic amines) is 1. The number of β-amino-alcohol motifs (C(OH)–C–C–N with tert-alkyl or cyclic N) is 1. The molecule has 1 aliphatic rings. The van der Waals surface area contributed by atoms with E-state index in [1.54, 1.807) is 6.07 Å². The Balaban J connectivity index is 2.24. The number of halogens is 2. The van der Waals surface area contributed by atoms with Gasteiger partial charge in [-0.3, -0.25) is 4.79 Å². The summed E-state index contributed by atoms with van der Waals surface area (Å²) < 4.78 is 13.4. The van der Waals surface area contributed by atoms with Gasteiger partial charge in [-0.15, -0.1) is 0 Å². The van der Waals surface area contributed by atoms with E-state index in [2.05, 4.69) is 15.9 Å². The summed E-state index contributed by atoms with van der Waals surface area (Å²) in [6, 6.07) is 4.36. The molecule has 1 heterocycles. The first kappa shape index (κ1) is 11.5. The van der Waals surface area contributed by atoms with Crippen molar-refractivity contribution >= 4 is 21.8 Å². The molecule has 1 amide bonds. The molecule has 2 rings (SSSR count). The zero-order valence-corrected chi connectivity index (χ0v) is 10.1. The molecule has 0 spiro atoms.